The number of rotatable bonds is 6. The summed E-state index contributed by atoms with van der Waals surface area (Å²) in [6, 6.07) is 7.47. The molecule has 2 rings (SSSR count). The topological polar surface area (TPSA) is 101 Å². The molecule has 0 bridgehead atoms. The molecule has 0 radical (unpaired) electrons. The van der Waals surface area contributed by atoms with Crippen LogP contribution in [0.4, 0.5) is 0 Å². The molecule has 2 aromatic carbocycles. The van der Waals surface area contributed by atoms with Gasteiger partial charge in [-0.2, -0.15) is 0 Å². The lowest BCUT2D eigenvalue weighted by Gasteiger charge is -2.11. The Morgan fingerprint density at radius 3 is 2.30 bits per heavy atom. The van der Waals surface area contributed by atoms with E-state index in [9.17, 15) is 24.6 Å². The van der Waals surface area contributed by atoms with E-state index in [1.165, 1.54) is 23.9 Å². The number of aromatic carboxylic acids is 2. The van der Waals surface area contributed by atoms with Crippen molar-refractivity contribution in [3.63, 3.8) is 0 Å². The second kappa shape index (κ2) is 7.15. The van der Waals surface area contributed by atoms with E-state index >= 15 is 0 Å². The Bertz CT molecular complexity index is 763. The fraction of sp³-hybridized carbons (Fsp3) is 0.188. The second-order valence-electron chi connectivity index (χ2n) is 4.54. The van der Waals surface area contributed by atoms with E-state index in [0.29, 0.717) is 10.3 Å². The molecule has 0 aromatic heterocycles. The van der Waals surface area contributed by atoms with E-state index in [4.69, 9.17) is 4.74 Å². The summed E-state index contributed by atoms with van der Waals surface area (Å²) in [5.74, 6) is -2.73. The number of hydrogen-bond acceptors (Lipinski definition) is 5. The first-order valence-electron chi connectivity index (χ1n) is 6.76. The number of esters is 1. The predicted molar refractivity (Wildman–Crippen MR) is 85.2 cm³/mol. The Morgan fingerprint density at radius 1 is 1.04 bits per heavy atom. The summed E-state index contributed by atoms with van der Waals surface area (Å²) < 4.78 is 4.85. The maximum atomic E-state index is 11.5. The standard InChI is InChI=1S/C16H14O6S/c1-2-22-13(17)8-23-12-7-6-11(16(20)21)14-9(12)4-3-5-10(14)15(18)19/h3-7H,2,8H2,1H3,(H,18,19)(H,20,21). The molecule has 0 saturated carbocycles. The Morgan fingerprint density at radius 2 is 1.70 bits per heavy atom. The van der Waals surface area contributed by atoms with E-state index in [2.05, 4.69) is 0 Å². The van der Waals surface area contributed by atoms with Gasteiger partial charge in [-0.15, -0.1) is 11.8 Å². The Balaban J connectivity index is 2.54. The molecule has 2 aromatic rings. The zero-order valence-electron chi connectivity index (χ0n) is 12.2. The van der Waals surface area contributed by atoms with Crippen molar-refractivity contribution in [2.45, 2.75) is 11.8 Å². The van der Waals surface area contributed by atoms with Gasteiger partial charge in [-0.1, -0.05) is 12.1 Å². The molecule has 2 N–H and O–H groups in total. The summed E-state index contributed by atoms with van der Waals surface area (Å²) in [6.07, 6.45) is 0. The number of carboxylic acid groups (broad SMARTS) is 2. The fourth-order valence-corrected chi connectivity index (χ4v) is 3.05. The lowest BCUT2D eigenvalue weighted by molar-refractivity contribution is -0.139. The number of fused-ring (bicyclic) bond motifs is 1. The number of carbonyl (C=O) groups excluding carboxylic acids is 1. The Hall–Kier alpha value is -2.54. The molecule has 0 unspecified atom stereocenters. The van der Waals surface area contributed by atoms with Gasteiger partial charge in [-0.3, -0.25) is 4.79 Å². The Kier molecular flexibility index (Phi) is 5.23. The summed E-state index contributed by atoms with van der Waals surface area (Å²) in [7, 11) is 0. The van der Waals surface area contributed by atoms with Crippen LogP contribution < -0.4 is 0 Å². The van der Waals surface area contributed by atoms with Crippen LogP contribution in [0.1, 0.15) is 27.6 Å². The fourth-order valence-electron chi connectivity index (χ4n) is 2.20. The van der Waals surface area contributed by atoms with E-state index in [1.807, 2.05) is 0 Å². The zero-order valence-corrected chi connectivity index (χ0v) is 13.1. The predicted octanol–water partition coefficient (Wildman–Crippen LogP) is 2.89. The average molecular weight is 334 g/mol. The number of ether oxygens (including phenoxy) is 1. The van der Waals surface area contributed by atoms with Gasteiger partial charge >= 0.3 is 17.9 Å². The van der Waals surface area contributed by atoms with Crippen LogP contribution >= 0.6 is 11.8 Å². The molecule has 0 amide bonds. The molecule has 0 fully saturated rings. The molecule has 6 nitrogen and oxygen atoms in total. The smallest absolute Gasteiger partial charge is 0.336 e. The van der Waals surface area contributed by atoms with Gasteiger partial charge in [0.25, 0.3) is 0 Å². The quantitative estimate of drug-likeness (QED) is 0.618. The second-order valence-corrected chi connectivity index (χ2v) is 5.56. The van der Waals surface area contributed by atoms with Gasteiger partial charge < -0.3 is 14.9 Å². The van der Waals surface area contributed by atoms with Gasteiger partial charge in [0.1, 0.15) is 0 Å². The zero-order chi connectivity index (χ0) is 17.0. The first-order chi connectivity index (χ1) is 11.0. The van der Waals surface area contributed by atoms with Crippen LogP contribution in [0.15, 0.2) is 35.2 Å². The summed E-state index contributed by atoms with van der Waals surface area (Å²) in [5, 5.41) is 19.2. The van der Waals surface area contributed by atoms with Crippen LogP contribution in [0.5, 0.6) is 0 Å². The lowest BCUT2D eigenvalue weighted by Crippen LogP contribution is -2.07. The van der Waals surface area contributed by atoms with E-state index in [-0.39, 0.29) is 34.8 Å². The summed E-state index contributed by atoms with van der Waals surface area (Å²) >= 11 is 1.18. The third-order valence-corrected chi connectivity index (χ3v) is 4.16. The van der Waals surface area contributed by atoms with Gasteiger partial charge in [-0.05, 0) is 30.5 Å². The molecule has 23 heavy (non-hydrogen) atoms. The number of hydrogen-bond donors (Lipinski definition) is 2. The van der Waals surface area contributed by atoms with Crippen molar-refractivity contribution >= 4 is 40.4 Å². The van der Waals surface area contributed by atoms with E-state index in [1.54, 1.807) is 25.1 Å². The van der Waals surface area contributed by atoms with E-state index < -0.39 is 11.9 Å². The van der Waals surface area contributed by atoms with Crippen molar-refractivity contribution in [2.24, 2.45) is 0 Å². The van der Waals surface area contributed by atoms with Gasteiger partial charge in [0.2, 0.25) is 0 Å². The number of carbonyl (C=O) groups is 3. The molecule has 7 heteroatoms. The van der Waals surface area contributed by atoms with Crippen LogP contribution in [0.25, 0.3) is 10.8 Å². The summed E-state index contributed by atoms with van der Waals surface area (Å²) in [5.41, 5.74) is -0.169. The van der Waals surface area contributed by atoms with Crippen molar-refractivity contribution in [3.05, 3.63) is 41.5 Å². The highest BCUT2D eigenvalue weighted by Crippen LogP contribution is 2.32. The third-order valence-electron chi connectivity index (χ3n) is 3.11. The molecule has 0 saturated heterocycles. The monoisotopic (exact) mass is 334 g/mol. The minimum Gasteiger partial charge on any atom is -0.478 e. The van der Waals surface area contributed by atoms with Crippen molar-refractivity contribution in [3.8, 4) is 0 Å². The highest BCUT2D eigenvalue weighted by Gasteiger charge is 2.18. The van der Waals surface area contributed by atoms with Crippen LogP contribution in [-0.2, 0) is 9.53 Å². The van der Waals surface area contributed by atoms with Crippen LogP contribution in [0.3, 0.4) is 0 Å². The normalized spacial score (nSPS) is 10.5. The largest absolute Gasteiger partial charge is 0.478 e. The maximum absolute atomic E-state index is 11.5. The first kappa shape index (κ1) is 16.8. The van der Waals surface area contributed by atoms with E-state index in [0.717, 1.165) is 0 Å². The van der Waals surface area contributed by atoms with Gasteiger partial charge in [0.15, 0.2) is 0 Å². The molecule has 0 aliphatic carbocycles. The molecular weight excluding hydrogens is 320 g/mol. The molecule has 120 valence electrons. The van der Waals surface area contributed by atoms with Gasteiger partial charge in [0.05, 0.1) is 23.5 Å². The van der Waals surface area contributed by atoms with Crippen LogP contribution in [0.2, 0.25) is 0 Å². The molecule has 0 atom stereocenters. The first-order valence-corrected chi connectivity index (χ1v) is 7.75. The van der Waals surface area contributed by atoms with Crippen LogP contribution in [0, 0.1) is 0 Å². The average Bonchev–Trinajstić information content (AvgIpc) is 2.51. The van der Waals surface area contributed by atoms with Crippen molar-refractivity contribution in [1.82, 2.24) is 0 Å². The van der Waals surface area contributed by atoms with Crippen molar-refractivity contribution in [1.29, 1.82) is 0 Å². The number of thioether (sulfide) groups is 1. The van der Waals surface area contributed by atoms with Gasteiger partial charge in [0, 0.05) is 10.3 Å². The molecular formula is C16H14O6S. The molecule has 0 aliphatic rings. The number of carboxylic acids is 2. The lowest BCUT2D eigenvalue weighted by atomic mass is 9.99. The summed E-state index contributed by atoms with van der Waals surface area (Å²) in [4.78, 5) is 34.9. The van der Waals surface area contributed by atoms with Crippen molar-refractivity contribution in [2.75, 3.05) is 12.4 Å². The maximum Gasteiger partial charge on any atom is 0.336 e. The minimum atomic E-state index is -1.20. The van der Waals surface area contributed by atoms with Crippen molar-refractivity contribution < 1.29 is 29.3 Å². The molecule has 0 heterocycles. The highest BCUT2D eigenvalue weighted by molar-refractivity contribution is 8.00. The minimum absolute atomic E-state index is 0.0622. The van der Waals surface area contributed by atoms with Gasteiger partial charge in [-0.25, -0.2) is 9.59 Å². The molecule has 0 spiro atoms. The number of benzene rings is 2. The third kappa shape index (κ3) is 3.62. The molecule has 0 aliphatic heterocycles. The SMILES string of the molecule is CCOC(=O)CSc1ccc(C(=O)O)c2c(C(=O)O)cccc12. The highest BCUT2D eigenvalue weighted by atomic mass is 32.2. The van der Waals surface area contributed by atoms with Crippen LogP contribution in [-0.4, -0.2) is 40.5 Å². The summed E-state index contributed by atoms with van der Waals surface area (Å²) in [6.45, 7) is 1.99. The Labute approximate surface area is 136 Å².